The van der Waals surface area contributed by atoms with E-state index in [1.165, 1.54) is 0 Å². The molecule has 2 aromatic carbocycles. The molecular weight excluding hydrogens is 606 g/mol. The summed E-state index contributed by atoms with van der Waals surface area (Å²) in [6.45, 7) is 10.1. The summed E-state index contributed by atoms with van der Waals surface area (Å²) in [6.07, 6.45) is 3.65. The van der Waals surface area contributed by atoms with Crippen molar-refractivity contribution < 1.29 is 43.9 Å². The van der Waals surface area contributed by atoms with Crippen molar-refractivity contribution >= 4 is 29.9 Å². The molecule has 0 fully saturated rings. The molecule has 6 N–H and O–H groups in total. The standard InChI is InChI=1S/C35H51N3O9/c1-22(2)30(16-39)36-33(42)19-45-27-11-9-25(10-12-27)7-8-26-13-28(46-20-34(43)37-31(17-40)23(3)4)15-29(14-26)47-21-35(44)38-32(18-41)24(5)6/h7-15,22-24,30-32,39-41H,16-21H2,1-6H3,(H,36,42)(H,37,43)(H,38,44)/b8-7+. The number of amides is 3. The van der Waals surface area contributed by atoms with Crippen LogP contribution in [0.15, 0.2) is 42.5 Å². The van der Waals surface area contributed by atoms with Crippen LogP contribution in [0, 0.1) is 17.8 Å². The number of ether oxygens (including phenoxy) is 3. The molecule has 0 aliphatic carbocycles. The molecule has 0 saturated heterocycles. The van der Waals surface area contributed by atoms with E-state index in [4.69, 9.17) is 14.2 Å². The fraction of sp³-hybridized carbons (Fsp3) is 0.514. The van der Waals surface area contributed by atoms with E-state index >= 15 is 0 Å². The van der Waals surface area contributed by atoms with Crippen LogP contribution in [0.3, 0.4) is 0 Å². The molecule has 12 nitrogen and oxygen atoms in total. The highest BCUT2D eigenvalue weighted by Crippen LogP contribution is 2.25. The summed E-state index contributed by atoms with van der Waals surface area (Å²) in [7, 11) is 0. The topological polar surface area (TPSA) is 176 Å². The lowest BCUT2D eigenvalue weighted by Gasteiger charge is -2.20. The molecule has 0 aliphatic heterocycles. The first-order valence-electron chi connectivity index (χ1n) is 15.9. The van der Waals surface area contributed by atoms with E-state index in [0.29, 0.717) is 22.8 Å². The van der Waals surface area contributed by atoms with Crippen LogP contribution < -0.4 is 30.2 Å². The predicted octanol–water partition coefficient (Wildman–Crippen LogP) is 2.39. The number of hydrogen-bond acceptors (Lipinski definition) is 9. The van der Waals surface area contributed by atoms with Crippen LogP contribution in [-0.4, -0.2) is 90.8 Å². The minimum absolute atomic E-state index is 0.0409. The summed E-state index contributed by atoms with van der Waals surface area (Å²) in [5.74, 6) is 0.243. The van der Waals surface area contributed by atoms with E-state index in [1.54, 1.807) is 30.3 Å². The largest absolute Gasteiger partial charge is 0.484 e. The van der Waals surface area contributed by atoms with Gasteiger partial charge in [-0.15, -0.1) is 0 Å². The molecule has 0 heterocycles. The zero-order valence-corrected chi connectivity index (χ0v) is 28.2. The van der Waals surface area contributed by atoms with E-state index in [0.717, 1.165) is 5.56 Å². The molecule has 260 valence electrons. The van der Waals surface area contributed by atoms with Crippen molar-refractivity contribution in [3.63, 3.8) is 0 Å². The van der Waals surface area contributed by atoms with E-state index < -0.39 is 23.9 Å². The Hall–Kier alpha value is -4.13. The summed E-state index contributed by atoms with van der Waals surface area (Å²) in [4.78, 5) is 37.1. The first-order chi connectivity index (χ1) is 22.3. The van der Waals surface area contributed by atoms with Gasteiger partial charge in [-0.2, -0.15) is 0 Å². The lowest BCUT2D eigenvalue weighted by atomic mass is 10.1. The SMILES string of the molecule is CC(C)C(CO)NC(=O)COc1ccc(/C=C/c2cc(OCC(=O)NC(CO)C(C)C)cc(OCC(=O)NC(CO)C(C)C)c2)cc1. The summed E-state index contributed by atoms with van der Waals surface area (Å²) in [5, 5.41) is 36.7. The minimum atomic E-state index is -0.399. The average molecular weight is 658 g/mol. The third-order valence-electron chi connectivity index (χ3n) is 7.40. The van der Waals surface area contributed by atoms with E-state index in [1.807, 2.05) is 65.8 Å². The Morgan fingerprint density at radius 3 is 1.23 bits per heavy atom. The van der Waals surface area contributed by atoms with Crippen LogP contribution in [0.1, 0.15) is 52.7 Å². The van der Waals surface area contributed by atoms with Gasteiger partial charge in [0.25, 0.3) is 17.7 Å². The number of carbonyl (C=O) groups is 3. The molecule has 47 heavy (non-hydrogen) atoms. The van der Waals surface area contributed by atoms with Crippen LogP contribution in [0.2, 0.25) is 0 Å². The van der Waals surface area contributed by atoms with Crippen molar-refractivity contribution in [3.8, 4) is 17.2 Å². The van der Waals surface area contributed by atoms with Gasteiger partial charge in [-0.25, -0.2) is 0 Å². The second-order valence-corrected chi connectivity index (χ2v) is 12.3. The van der Waals surface area contributed by atoms with Crippen molar-refractivity contribution in [1.82, 2.24) is 16.0 Å². The lowest BCUT2D eigenvalue weighted by molar-refractivity contribution is -0.125. The Morgan fingerprint density at radius 2 is 0.894 bits per heavy atom. The summed E-state index contributed by atoms with van der Waals surface area (Å²) < 4.78 is 17.1. The fourth-order valence-corrected chi connectivity index (χ4v) is 4.19. The van der Waals surface area contributed by atoms with Gasteiger partial charge in [0.1, 0.15) is 17.2 Å². The number of benzene rings is 2. The highest BCUT2D eigenvalue weighted by molar-refractivity contribution is 5.79. The maximum atomic E-state index is 12.5. The van der Waals surface area contributed by atoms with Gasteiger partial charge < -0.3 is 45.5 Å². The molecule has 2 rings (SSSR count). The molecule has 0 aromatic heterocycles. The van der Waals surface area contributed by atoms with Gasteiger partial charge in [-0.1, -0.05) is 65.8 Å². The van der Waals surface area contributed by atoms with Crippen molar-refractivity contribution in [1.29, 1.82) is 0 Å². The van der Waals surface area contributed by atoms with E-state index in [-0.39, 0.29) is 69.3 Å². The molecule has 2 aromatic rings. The fourth-order valence-electron chi connectivity index (χ4n) is 4.19. The monoisotopic (exact) mass is 657 g/mol. The maximum Gasteiger partial charge on any atom is 0.258 e. The number of aliphatic hydroxyl groups excluding tert-OH is 3. The number of carbonyl (C=O) groups excluding carboxylic acids is 3. The molecule has 0 bridgehead atoms. The second kappa shape index (κ2) is 20.2. The van der Waals surface area contributed by atoms with Crippen LogP contribution in [0.25, 0.3) is 12.2 Å². The molecule has 12 heteroatoms. The van der Waals surface area contributed by atoms with Crippen molar-refractivity contribution in [2.24, 2.45) is 17.8 Å². The maximum absolute atomic E-state index is 12.5. The summed E-state index contributed by atoms with van der Waals surface area (Å²) in [5.41, 5.74) is 1.51. The molecule has 3 amide bonds. The van der Waals surface area contributed by atoms with Crippen LogP contribution in [-0.2, 0) is 14.4 Å². The van der Waals surface area contributed by atoms with Gasteiger partial charge in [-0.05, 0) is 53.1 Å². The Balaban J connectivity index is 2.13. The number of aliphatic hydroxyl groups is 3. The zero-order chi connectivity index (χ0) is 34.9. The Bertz CT molecular complexity index is 1240. The molecule has 0 radical (unpaired) electrons. The smallest absolute Gasteiger partial charge is 0.258 e. The highest BCUT2D eigenvalue weighted by atomic mass is 16.5. The van der Waals surface area contributed by atoms with Crippen molar-refractivity contribution in [3.05, 3.63) is 53.6 Å². The Labute approximate surface area is 277 Å². The van der Waals surface area contributed by atoms with Crippen molar-refractivity contribution in [2.75, 3.05) is 39.6 Å². The Kier molecular flexibility index (Phi) is 16.8. The van der Waals surface area contributed by atoms with Crippen LogP contribution in [0.5, 0.6) is 17.2 Å². The zero-order valence-electron chi connectivity index (χ0n) is 28.2. The summed E-state index contributed by atoms with van der Waals surface area (Å²) in [6, 6.07) is 11.0. The number of nitrogens with one attached hydrogen (secondary N) is 3. The van der Waals surface area contributed by atoms with E-state index in [9.17, 15) is 29.7 Å². The van der Waals surface area contributed by atoms with Gasteiger partial charge in [0.15, 0.2) is 19.8 Å². The van der Waals surface area contributed by atoms with Gasteiger partial charge in [0, 0.05) is 6.07 Å². The number of rotatable bonds is 20. The third-order valence-corrected chi connectivity index (χ3v) is 7.40. The number of hydrogen-bond donors (Lipinski definition) is 6. The average Bonchev–Trinajstić information content (AvgIpc) is 3.04. The third kappa shape index (κ3) is 14.4. The second-order valence-electron chi connectivity index (χ2n) is 12.3. The summed E-state index contributed by atoms with van der Waals surface area (Å²) >= 11 is 0. The molecule has 3 atom stereocenters. The molecule has 0 spiro atoms. The lowest BCUT2D eigenvalue weighted by Crippen LogP contribution is -2.43. The quantitative estimate of drug-likeness (QED) is 0.117. The minimum Gasteiger partial charge on any atom is -0.484 e. The van der Waals surface area contributed by atoms with Gasteiger partial charge in [0.2, 0.25) is 0 Å². The van der Waals surface area contributed by atoms with Crippen LogP contribution >= 0.6 is 0 Å². The first kappa shape index (κ1) is 39.1. The molecule has 3 unspecified atom stereocenters. The molecule has 0 aliphatic rings. The Morgan fingerprint density at radius 1 is 0.553 bits per heavy atom. The molecule has 0 saturated carbocycles. The van der Waals surface area contributed by atoms with Gasteiger partial charge >= 0.3 is 0 Å². The highest BCUT2D eigenvalue weighted by Gasteiger charge is 2.18. The predicted molar refractivity (Wildman–Crippen MR) is 180 cm³/mol. The first-order valence-corrected chi connectivity index (χ1v) is 15.9. The van der Waals surface area contributed by atoms with E-state index in [2.05, 4.69) is 16.0 Å². The van der Waals surface area contributed by atoms with Crippen molar-refractivity contribution in [2.45, 2.75) is 59.7 Å². The van der Waals surface area contributed by atoms with Crippen LogP contribution in [0.4, 0.5) is 0 Å². The van der Waals surface area contributed by atoms with Gasteiger partial charge in [0.05, 0.1) is 37.9 Å². The normalized spacial score (nSPS) is 13.4. The molecular formula is C35H51N3O9. The van der Waals surface area contributed by atoms with Gasteiger partial charge in [-0.3, -0.25) is 14.4 Å².